The first-order chi connectivity index (χ1) is 11.1. The van der Waals surface area contributed by atoms with Crippen LogP contribution in [0, 0.1) is 0 Å². The first-order valence-electron chi connectivity index (χ1n) is 7.74. The average molecular weight is 334 g/mol. The number of likely N-dealkylation sites (tertiary alicyclic amines) is 1. The van der Waals surface area contributed by atoms with E-state index >= 15 is 0 Å². The van der Waals surface area contributed by atoms with Crippen molar-refractivity contribution in [3.05, 3.63) is 41.4 Å². The van der Waals surface area contributed by atoms with Crippen LogP contribution in [0.3, 0.4) is 0 Å². The maximum atomic E-state index is 12.3. The van der Waals surface area contributed by atoms with Crippen molar-refractivity contribution in [2.45, 2.75) is 18.8 Å². The molecule has 1 amide bonds. The van der Waals surface area contributed by atoms with E-state index in [9.17, 15) is 4.79 Å². The molecule has 2 heterocycles. The van der Waals surface area contributed by atoms with E-state index in [4.69, 9.17) is 11.6 Å². The minimum absolute atomic E-state index is 0.112. The SMILES string of the molecule is Cn1cnnc1C1CCN(C(=O)CNc2cccc(Cl)c2)CC1. The Morgan fingerprint density at radius 1 is 1.39 bits per heavy atom. The van der Waals surface area contributed by atoms with Crippen LogP contribution in [0.2, 0.25) is 5.02 Å². The van der Waals surface area contributed by atoms with Gasteiger partial charge in [0, 0.05) is 36.8 Å². The first-order valence-corrected chi connectivity index (χ1v) is 8.12. The second-order valence-corrected chi connectivity index (χ2v) is 6.26. The predicted octanol–water partition coefficient (Wildman–Crippen LogP) is 2.29. The highest BCUT2D eigenvalue weighted by atomic mass is 35.5. The molecule has 1 aliphatic heterocycles. The molecular weight excluding hydrogens is 314 g/mol. The lowest BCUT2D eigenvalue weighted by molar-refractivity contribution is -0.130. The van der Waals surface area contributed by atoms with Crippen LogP contribution < -0.4 is 5.32 Å². The van der Waals surface area contributed by atoms with Crippen molar-refractivity contribution in [1.82, 2.24) is 19.7 Å². The van der Waals surface area contributed by atoms with E-state index < -0.39 is 0 Å². The van der Waals surface area contributed by atoms with Gasteiger partial charge in [0.25, 0.3) is 0 Å². The molecule has 6 nitrogen and oxygen atoms in total. The number of benzene rings is 1. The van der Waals surface area contributed by atoms with Gasteiger partial charge in [-0.3, -0.25) is 4.79 Å². The number of carbonyl (C=O) groups is 1. The van der Waals surface area contributed by atoms with Gasteiger partial charge in [-0.2, -0.15) is 0 Å². The third kappa shape index (κ3) is 3.82. The molecule has 0 unspecified atom stereocenters. The number of carbonyl (C=O) groups excluding carboxylic acids is 1. The maximum Gasteiger partial charge on any atom is 0.241 e. The molecule has 0 bridgehead atoms. The largest absolute Gasteiger partial charge is 0.376 e. The molecule has 1 N–H and O–H groups in total. The van der Waals surface area contributed by atoms with Crippen LogP contribution in [0.25, 0.3) is 0 Å². The zero-order chi connectivity index (χ0) is 16.2. The fourth-order valence-corrected chi connectivity index (χ4v) is 3.13. The molecule has 23 heavy (non-hydrogen) atoms. The highest BCUT2D eigenvalue weighted by Crippen LogP contribution is 2.26. The van der Waals surface area contributed by atoms with Gasteiger partial charge in [0.2, 0.25) is 5.91 Å². The van der Waals surface area contributed by atoms with Gasteiger partial charge in [0.15, 0.2) is 0 Å². The van der Waals surface area contributed by atoms with Crippen LogP contribution in [0.4, 0.5) is 5.69 Å². The Morgan fingerprint density at radius 2 is 2.17 bits per heavy atom. The van der Waals surface area contributed by atoms with Gasteiger partial charge in [0.05, 0.1) is 6.54 Å². The summed E-state index contributed by atoms with van der Waals surface area (Å²) in [5.41, 5.74) is 0.861. The summed E-state index contributed by atoms with van der Waals surface area (Å²) < 4.78 is 1.96. The highest BCUT2D eigenvalue weighted by Gasteiger charge is 2.26. The predicted molar refractivity (Wildman–Crippen MR) is 89.5 cm³/mol. The fourth-order valence-electron chi connectivity index (χ4n) is 2.94. The van der Waals surface area contributed by atoms with Crippen molar-refractivity contribution in [2.24, 2.45) is 7.05 Å². The second-order valence-electron chi connectivity index (χ2n) is 5.82. The maximum absolute atomic E-state index is 12.3. The van der Waals surface area contributed by atoms with Crippen molar-refractivity contribution in [3.63, 3.8) is 0 Å². The molecule has 1 aliphatic rings. The van der Waals surface area contributed by atoms with Gasteiger partial charge in [-0.05, 0) is 31.0 Å². The molecule has 0 spiro atoms. The van der Waals surface area contributed by atoms with Crippen molar-refractivity contribution >= 4 is 23.2 Å². The number of nitrogens with zero attached hydrogens (tertiary/aromatic N) is 4. The quantitative estimate of drug-likeness (QED) is 0.932. The number of nitrogens with one attached hydrogen (secondary N) is 1. The molecule has 122 valence electrons. The monoisotopic (exact) mass is 333 g/mol. The number of amides is 1. The molecule has 1 fully saturated rings. The van der Waals surface area contributed by atoms with E-state index in [1.807, 2.05) is 40.8 Å². The minimum Gasteiger partial charge on any atom is -0.376 e. The van der Waals surface area contributed by atoms with E-state index in [0.717, 1.165) is 37.4 Å². The Morgan fingerprint density at radius 3 is 2.83 bits per heavy atom. The molecule has 0 atom stereocenters. The fraction of sp³-hybridized carbons (Fsp3) is 0.438. The number of halogens is 1. The van der Waals surface area contributed by atoms with Crippen molar-refractivity contribution in [2.75, 3.05) is 25.0 Å². The molecule has 7 heteroatoms. The number of hydrogen-bond donors (Lipinski definition) is 1. The van der Waals surface area contributed by atoms with Gasteiger partial charge in [-0.25, -0.2) is 0 Å². The summed E-state index contributed by atoms with van der Waals surface area (Å²) in [7, 11) is 1.96. The minimum atomic E-state index is 0.112. The van der Waals surface area contributed by atoms with E-state index in [0.29, 0.717) is 10.9 Å². The second kappa shape index (κ2) is 7.00. The summed E-state index contributed by atoms with van der Waals surface area (Å²) in [6.07, 6.45) is 3.58. The summed E-state index contributed by atoms with van der Waals surface area (Å²) in [5.74, 6) is 1.50. The van der Waals surface area contributed by atoms with Crippen LogP contribution in [0.1, 0.15) is 24.6 Å². The summed E-state index contributed by atoms with van der Waals surface area (Å²) in [6.45, 7) is 1.80. The van der Waals surface area contributed by atoms with E-state index in [-0.39, 0.29) is 12.5 Å². The average Bonchev–Trinajstić information content (AvgIpc) is 2.99. The van der Waals surface area contributed by atoms with Gasteiger partial charge < -0.3 is 14.8 Å². The normalized spacial score (nSPS) is 15.7. The van der Waals surface area contributed by atoms with E-state index in [1.54, 1.807) is 6.33 Å². The van der Waals surface area contributed by atoms with Crippen LogP contribution in [-0.2, 0) is 11.8 Å². The number of hydrogen-bond acceptors (Lipinski definition) is 4. The molecule has 1 aromatic heterocycles. The van der Waals surface area contributed by atoms with Gasteiger partial charge in [-0.15, -0.1) is 10.2 Å². The third-order valence-electron chi connectivity index (χ3n) is 4.23. The number of aryl methyl sites for hydroxylation is 1. The topological polar surface area (TPSA) is 63.1 Å². The lowest BCUT2D eigenvalue weighted by Gasteiger charge is -2.31. The Balaban J connectivity index is 1.49. The summed E-state index contributed by atoms with van der Waals surface area (Å²) in [4.78, 5) is 14.2. The standard InChI is InChI=1S/C16H20ClN5O/c1-21-11-19-20-16(21)12-5-7-22(8-6-12)15(23)10-18-14-4-2-3-13(17)9-14/h2-4,9,11-12,18H,5-8,10H2,1H3. The van der Waals surface area contributed by atoms with Crippen LogP contribution in [-0.4, -0.2) is 45.2 Å². The summed E-state index contributed by atoms with van der Waals surface area (Å²) in [6, 6.07) is 7.39. The van der Waals surface area contributed by atoms with Gasteiger partial charge >= 0.3 is 0 Å². The zero-order valence-electron chi connectivity index (χ0n) is 13.1. The lowest BCUT2D eigenvalue weighted by atomic mass is 9.96. The third-order valence-corrected chi connectivity index (χ3v) is 4.46. The number of rotatable bonds is 4. The number of aromatic nitrogens is 3. The Labute approximate surface area is 140 Å². The zero-order valence-corrected chi connectivity index (χ0v) is 13.8. The first kappa shape index (κ1) is 15.8. The highest BCUT2D eigenvalue weighted by molar-refractivity contribution is 6.30. The van der Waals surface area contributed by atoms with Crippen LogP contribution in [0.5, 0.6) is 0 Å². The van der Waals surface area contributed by atoms with Crippen molar-refractivity contribution in [3.8, 4) is 0 Å². The molecule has 0 aliphatic carbocycles. The molecule has 1 saturated heterocycles. The number of piperidine rings is 1. The smallest absolute Gasteiger partial charge is 0.241 e. The Bertz CT molecular complexity index is 679. The molecular formula is C16H20ClN5O. The summed E-state index contributed by atoms with van der Waals surface area (Å²) in [5, 5.41) is 11.9. The molecule has 2 aromatic rings. The molecule has 3 rings (SSSR count). The molecule has 0 radical (unpaired) electrons. The Hall–Kier alpha value is -2.08. The Kier molecular flexibility index (Phi) is 4.81. The van der Waals surface area contributed by atoms with Crippen molar-refractivity contribution in [1.29, 1.82) is 0 Å². The van der Waals surface area contributed by atoms with Crippen molar-refractivity contribution < 1.29 is 4.79 Å². The van der Waals surface area contributed by atoms with E-state index in [1.165, 1.54) is 0 Å². The number of anilines is 1. The van der Waals surface area contributed by atoms with Crippen LogP contribution >= 0.6 is 11.6 Å². The van der Waals surface area contributed by atoms with Crippen LogP contribution in [0.15, 0.2) is 30.6 Å². The van der Waals surface area contributed by atoms with Gasteiger partial charge in [0.1, 0.15) is 12.2 Å². The summed E-state index contributed by atoms with van der Waals surface area (Å²) >= 11 is 5.94. The molecule has 0 saturated carbocycles. The molecule has 1 aromatic carbocycles. The van der Waals surface area contributed by atoms with E-state index in [2.05, 4.69) is 15.5 Å². The lowest BCUT2D eigenvalue weighted by Crippen LogP contribution is -2.41. The van der Waals surface area contributed by atoms with Gasteiger partial charge in [-0.1, -0.05) is 17.7 Å².